The molecule has 1 aromatic rings. The van der Waals surface area contributed by atoms with Crippen LogP contribution in [-0.2, 0) is 11.2 Å². The van der Waals surface area contributed by atoms with Gasteiger partial charge in [-0.05, 0) is 69.4 Å². The van der Waals surface area contributed by atoms with Crippen molar-refractivity contribution in [1.82, 2.24) is 10.2 Å². The molecule has 2 rings (SSSR count). The highest BCUT2D eigenvalue weighted by Crippen LogP contribution is 2.13. The lowest BCUT2D eigenvalue weighted by atomic mass is 10.1. The number of amides is 1. The number of hydrogen-bond donors (Lipinski definition) is 1. The van der Waals surface area contributed by atoms with Crippen molar-refractivity contribution in [3.05, 3.63) is 29.8 Å². The SMILES string of the molecule is CN(C)c1ccc(CCC(=O)NCCCCN2CCCCC2)cc1. The van der Waals surface area contributed by atoms with Crippen LogP contribution in [0.15, 0.2) is 24.3 Å². The molecular formula is C20H33N3O. The van der Waals surface area contributed by atoms with Gasteiger partial charge in [0.2, 0.25) is 5.91 Å². The fourth-order valence-corrected chi connectivity index (χ4v) is 3.18. The summed E-state index contributed by atoms with van der Waals surface area (Å²) in [6.45, 7) is 4.53. The van der Waals surface area contributed by atoms with Gasteiger partial charge in [0.05, 0.1) is 0 Å². The first-order valence-electron chi connectivity index (χ1n) is 9.40. The van der Waals surface area contributed by atoms with E-state index in [9.17, 15) is 4.79 Å². The van der Waals surface area contributed by atoms with Crippen LogP contribution in [0.2, 0.25) is 0 Å². The first-order chi connectivity index (χ1) is 11.6. The van der Waals surface area contributed by atoms with Gasteiger partial charge in [-0.3, -0.25) is 4.79 Å². The topological polar surface area (TPSA) is 35.6 Å². The van der Waals surface area contributed by atoms with E-state index in [-0.39, 0.29) is 5.91 Å². The number of nitrogens with zero attached hydrogens (tertiary/aromatic N) is 2. The van der Waals surface area contributed by atoms with Gasteiger partial charge in [-0.1, -0.05) is 18.6 Å². The highest BCUT2D eigenvalue weighted by atomic mass is 16.1. The fourth-order valence-electron chi connectivity index (χ4n) is 3.18. The fraction of sp³-hybridized carbons (Fsp3) is 0.650. The predicted octanol–water partition coefficient (Wildman–Crippen LogP) is 3.07. The average molecular weight is 332 g/mol. The molecule has 1 N–H and O–H groups in total. The number of rotatable bonds is 9. The summed E-state index contributed by atoms with van der Waals surface area (Å²) in [5.41, 5.74) is 2.41. The average Bonchev–Trinajstić information content (AvgIpc) is 2.61. The molecule has 1 aromatic carbocycles. The van der Waals surface area contributed by atoms with Crippen LogP contribution < -0.4 is 10.2 Å². The quantitative estimate of drug-likeness (QED) is 0.707. The monoisotopic (exact) mass is 331 g/mol. The molecule has 0 aromatic heterocycles. The Morgan fingerprint density at radius 2 is 1.79 bits per heavy atom. The van der Waals surface area contributed by atoms with Crippen molar-refractivity contribution >= 4 is 11.6 Å². The lowest BCUT2D eigenvalue weighted by molar-refractivity contribution is -0.121. The van der Waals surface area contributed by atoms with Gasteiger partial charge in [0.25, 0.3) is 0 Å². The van der Waals surface area contributed by atoms with E-state index in [0.717, 1.165) is 19.4 Å². The third kappa shape index (κ3) is 6.91. The van der Waals surface area contributed by atoms with E-state index in [1.54, 1.807) is 0 Å². The van der Waals surface area contributed by atoms with Crippen molar-refractivity contribution in [2.45, 2.75) is 44.9 Å². The van der Waals surface area contributed by atoms with E-state index < -0.39 is 0 Å². The summed E-state index contributed by atoms with van der Waals surface area (Å²) in [6.07, 6.45) is 7.76. The van der Waals surface area contributed by atoms with Crippen LogP contribution in [-0.4, -0.2) is 51.1 Å². The standard InChI is InChI=1S/C20H33N3O/c1-22(2)19-11-8-18(9-12-19)10-13-20(24)21-14-4-7-17-23-15-5-3-6-16-23/h8-9,11-12H,3-7,10,13-17H2,1-2H3,(H,21,24). The van der Waals surface area contributed by atoms with Gasteiger partial charge in [0, 0.05) is 32.7 Å². The summed E-state index contributed by atoms with van der Waals surface area (Å²) in [6, 6.07) is 8.43. The van der Waals surface area contributed by atoms with Crippen LogP contribution in [0.25, 0.3) is 0 Å². The van der Waals surface area contributed by atoms with Crippen LogP contribution in [0.3, 0.4) is 0 Å². The van der Waals surface area contributed by atoms with E-state index in [1.807, 2.05) is 14.1 Å². The summed E-state index contributed by atoms with van der Waals surface area (Å²) < 4.78 is 0. The normalized spacial score (nSPS) is 15.2. The molecule has 0 atom stereocenters. The van der Waals surface area contributed by atoms with Gasteiger partial charge in [-0.15, -0.1) is 0 Å². The Morgan fingerprint density at radius 1 is 1.08 bits per heavy atom. The smallest absolute Gasteiger partial charge is 0.220 e. The molecule has 4 nitrogen and oxygen atoms in total. The van der Waals surface area contributed by atoms with Crippen LogP contribution in [0.5, 0.6) is 0 Å². The predicted molar refractivity (Wildman–Crippen MR) is 102 cm³/mol. The van der Waals surface area contributed by atoms with Crippen LogP contribution >= 0.6 is 0 Å². The maximum absolute atomic E-state index is 11.9. The Bertz CT molecular complexity index is 478. The molecule has 24 heavy (non-hydrogen) atoms. The molecule has 1 saturated heterocycles. The van der Waals surface area contributed by atoms with Crippen molar-refractivity contribution in [1.29, 1.82) is 0 Å². The Hall–Kier alpha value is -1.55. The molecule has 0 radical (unpaired) electrons. The first-order valence-corrected chi connectivity index (χ1v) is 9.40. The number of anilines is 1. The van der Waals surface area contributed by atoms with Crippen molar-refractivity contribution in [2.24, 2.45) is 0 Å². The molecule has 0 aliphatic carbocycles. The molecule has 1 amide bonds. The second-order valence-electron chi connectivity index (χ2n) is 7.02. The number of carbonyl (C=O) groups is 1. The van der Waals surface area contributed by atoms with E-state index in [2.05, 4.69) is 39.4 Å². The Balaban J connectivity index is 1.53. The molecular weight excluding hydrogens is 298 g/mol. The number of piperidine rings is 1. The summed E-state index contributed by atoms with van der Waals surface area (Å²) in [5.74, 6) is 0.171. The van der Waals surface area contributed by atoms with Gasteiger partial charge >= 0.3 is 0 Å². The van der Waals surface area contributed by atoms with Crippen LogP contribution in [0, 0.1) is 0 Å². The summed E-state index contributed by atoms with van der Waals surface area (Å²) >= 11 is 0. The Morgan fingerprint density at radius 3 is 2.46 bits per heavy atom. The lowest BCUT2D eigenvalue weighted by Gasteiger charge is -2.26. The highest BCUT2D eigenvalue weighted by Gasteiger charge is 2.09. The minimum atomic E-state index is 0.171. The van der Waals surface area contributed by atoms with Gasteiger partial charge in [0.1, 0.15) is 0 Å². The molecule has 0 spiro atoms. The third-order valence-corrected chi connectivity index (χ3v) is 4.77. The molecule has 134 valence electrons. The maximum atomic E-state index is 11.9. The summed E-state index contributed by atoms with van der Waals surface area (Å²) in [7, 11) is 4.07. The molecule has 1 aliphatic rings. The number of hydrogen-bond acceptors (Lipinski definition) is 3. The number of carbonyl (C=O) groups excluding carboxylic acids is 1. The minimum Gasteiger partial charge on any atom is -0.378 e. The molecule has 1 aliphatic heterocycles. The maximum Gasteiger partial charge on any atom is 0.220 e. The number of unbranched alkanes of at least 4 members (excludes halogenated alkanes) is 1. The van der Waals surface area contributed by atoms with Crippen molar-refractivity contribution in [3.63, 3.8) is 0 Å². The third-order valence-electron chi connectivity index (χ3n) is 4.77. The zero-order valence-corrected chi connectivity index (χ0v) is 15.4. The summed E-state index contributed by atoms with van der Waals surface area (Å²) in [5, 5.41) is 3.05. The molecule has 0 bridgehead atoms. The number of likely N-dealkylation sites (tertiary alicyclic amines) is 1. The second-order valence-corrected chi connectivity index (χ2v) is 7.02. The Kier molecular flexibility index (Phi) is 8.10. The van der Waals surface area contributed by atoms with Gasteiger partial charge in [-0.25, -0.2) is 0 Å². The Labute approximate surface area is 147 Å². The zero-order valence-electron chi connectivity index (χ0n) is 15.4. The number of benzene rings is 1. The lowest BCUT2D eigenvalue weighted by Crippen LogP contribution is -2.31. The van der Waals surface area contributed by atoms with Crippen LogP contribution in [0.4, 0.5) is 5.69 Å². The van der Waals surface area contributed by atoms with Crippen LogP contribution in [0.1, 0.15) is 44.1 Å². The molecule has 1 fully saturated rings. The largest absolute Gasteiger partial charge is 0.378 e. The zero-order chi connectivity index (χ0) is 17.2. The van der Waals surface area contributed by atoms with E-state index in [0.29, 0.717) is 6.42 Å². The first kappa shape index (κ1) is 18.8. The molecule has 0 saturated carbocycles. The van der Waals surface area contributed by atoms with Crippen molar-refractivity contribution in [3.8, 4) is 0 Å². The molecule has 4 heteroatoms. The second kappa shape index (κ2) is 10.3. The molecule has 0 unspecified atom stereocenters. The van der Waals surface area contributed by atoms with Gasteiger partial charge < -0.3 is 15.1 Å². The van der Waals surface area contributed by atoms with E-state index in [1.165, 1.54) is 56.6 Å². The number of aryl methyl sites for hydroxylation is 1. The van der Waals surface area contributed by atoms with E-state index in [4.69, 9.17) is 0 Å². The summed E-state index contributed by atoms with van der Waals surface area (Å²) in [4.78, 5) is 16.6. The van der Waals surface area contributed by atoms with E-state index >= 15 is 0 Å². The minimum absolute atomic E-state index is 0.171. The van der Waals surface area contributed by atoms with Gasteiger partial charge in [0.15, 0.2) is 0 Å². The number of nitrogens with one attached hydrogen (secondary N) is 1. The van der Waals surface area contributed by atoms with Crippen molar-refractivity contribution in [2.75, 3.05) is 45.2 Å². The van der Waals surface area contributed by atoms with Gasteiger partial charge in [-0.2, -0.15) is 0 Å². The highest BCUT2D eigenvalue weighted by molar-refractivity contribution is 5.76. The van der Waals surface area contributed by atoms with Crippen molar-refractivity contribution < 1.29 is 4.79 Å². The molecule has 1 heterocycles.